The molecule has 8 heteroatoms. The first-order valence-corrected chi connectivity index (χ1v) is 10.7. The highest BCUT2D eigenvalue weighted by atomic mass is 32.1. The zero-order valence-corrected chi connectivity index (χ0v) is 16.8. The van der Waals surface area contributed by atoms with Crippen LogP contribution in [0.1, 0.15) is 9.75 Å². The first kappa shape index (κ1) is 18.8. The Balaban J connectivity index is 1.52. The number of thiazole rings is 1. The highest BCUT2D eigenvalue weighted by Gasteiger charge is 2.18. The second kappa shape index (κ2) is 9.09. The number of nitrogens with zero attached hydrogens (tertiary/aromatic N) is 3. The second-order valence-corrected chi connectivity index (χ2v) is 8.27. The van der Waals surface area contributed by atoms with Crippen molar-refractivity contribution in [1.82, 2.24) is 10.4 Å². The molecule has 1 N–H and O–H groups in total. The Bertz CT molecular complexity index is 933. The van der Waals surface area contributed by atoms with Gasteiger partial charge < -0.3 is 9.64 Å². The molecule has 1 aliphatic heterocycles. The fourth-order valence-electron chi connectivity index (χ4n) is 2.87. The molecule has 1 saturated heterocycles. The van der Waals surface area contributed by atoms with Crippen molar-refractivity contribution in [1.29, 1.82) is 0 Å². The van der Waals surface area contributed by atoms with E-state index in [1.165, 1.54) is 0 Å². The molecule has 28 heavy (non-hydrogen) atoms. The summed E-state index contributed by atoms with van der Waals surface area (Å²) in [6.45, 7) is 3.08. The van der Waals surface area contributed by atoms with Crippen LogP contribution in [0.4, 0.5) is 5.13 Å². The summed E-state index contributed by atoms with van der Waals surface area (Å²) >= 11 is 3.14. The molecule has 3 aromatic rings. The SMILES string of the molecule is O=C(Cc1cccs1)N/N=C\c1sc(N2CCOCC2)nc1-c1ccccc1. The summed E-state index contributed by atoms with van der Waals surface area (Å²) in [5.41, 5.74) is 4.53. The summed E-state index contributed by atoms with van der Waals surface area (Å²) in [5.74, 6) is -0.127. The van der Waals surface area contributed by atoms with E-state index in [1.807, 2.05) is 47.8 Å². The molecule has 144 valence electrons. The van der Waals surface area contributed by atoms with Gasteiger partial charge in [0.2, 0.25) is 5.91 Å². The van der Waals surface area contributed by atoms with Crippen molar-refractivity contribution in [2.75, 3.05) is 31.2 Å². The minimum absolute atomic E-state index is 0.127. The lowest BCUT2D eigenvalue weighted by Crippen LogP contribution is -2.36. The fourth-order valence-corrected chi connectivity index (χ4v) is 4.59. The number of benzene rings is 1. The van der Waals surface area contributed by atoms with E-state index in [0.29, 0.717) is 19.6 Å². The number of rotatable bonds is 6. The highest BCUT2D eigenvalue weighted by Crippen LogP contribution is 2.32. The maximum atomic E-state index is 12.1. The Hall–Kier alpha value is -2.55. The molecule has 1 aromatic carbocycles. The third-order valence-corrected chi connectivity index (χ3v) is 6.18. The van der Waals surface area contributed by atoms with E-state index in [1.54, 1.807) is 28.9 Å². The Morgan fingerprint density at radius 2 is 2.04 bits per heavy atom. The predicted octanol–water partition coefficient (Wildman–Crippen LogP) is 3.40. The zero-order valence-electron chi connectivity index (χ0n) is 15.2. The molecule has 4 rings (SSSR count). The number of hydrogen-bond donors (Lipinski definition) is 1. The van der Waals surface area contributed by atoms with Crippen molar-refractivity contribution in [3.05, 3.63) is 57.6 Å². The molecule has 0 unspecified atom stereocenters. The van der Waals surface area contributed by atoms with Gasteiger partial charge in [0.15, 0.2) is 5.13 Å². The zero-order chi connectivity index (χ0) is 19.2. The van der Waals surface area contributed by atoms with Gasteiger partial charge in [-0.15, -0.1) is 11.3 Å². The number of hydrazone groups is 1. The van der Waals surface area contributed by atoms with Crippen molar-refractivity contribution < 1.29 is 9.53 Å². The standard InChI is InChI=1S/C20H20N4O2S2/c25-18(13-16-7-4-12-27-16)23-21-14-17-19(15-5-2-1-3-6-15)22-20(28-17)24-8-10-26-11-9-24/h1-7,12,14H,8-11,13H2,(H,23,25)/b21-14-. The second-order valence-electron chi connectivity index (χ2n) is 6.22. The van der Waals surface area contributed by atoms with Crippen LogP contribution in [0.2, 0.25) is 0 Å². The van der Waals surface area contributed by atoms with Gasteiger partial charge in [0.1, 0.15) is 0 Å². The van der Waals surface area contributed by atoms with E-state index in [-0.39, 0.29) is 5.91 Å². The quantitative estimate of drug-likeness (QED) is 0.498. The minimum atomic E-state index is -0.127. The Labute approximate surface area is 171 Å². The minimum Gasteiger partial charge on any atom is -0.378 e. The largest absolute Gasteiger partial charge is 0.378 e. The third kappa shape index (κ3) is 4.64. The fraction of sp³-hybridized carbons (Fsp3) is 0.250. The van der Waals surface area contributed by atoms with E-state index >= 15 is 0 Å². The molecule has 0 bridgehead atoms. The number of ether oxygens (including phenoxy) is 1. The number of carbonyl (C=O) groups is 1. The third-order valence-electron chi connectivity index (χ3n) is 4.26. The molecule has 3 heterocycles. The topological polar surface area (TPSA) is 66.8 Å². The molecule has 0 spiro atoms. The summed E-state index contributed by atoms with van der Waals surface area (Å²) in [6.07, 6.45) is 2.03. The van der Waals surface area contributed by atoms with Gasteiger partial charge in [-0.25, -0.2) is 10.4 Å². The summed E-state index contributed by atoms with van der Waals surface area (Å²) in [6, 6.07) is 13.9. The van der Waals surface area contributed by atoms with Gasteiger partial charge in [0.25, 0.3) is 0 Å². The lowest BCUT2D eigenvalue weighted by atomic mass is 10.1. The van der Waals surface area contributed by atoms with E-state index < -0.39 is 0 Å². The number of carbonyl (C=O) groups excluding carboxylic acids is 1. The van der Waals surface area contributed by atoms with Crippen molar-refractivity contribution in [3.63, 3.8) is 0 Å². The molecule has 1 aliphatic rings. The number of thiophene rings is 1. The average Bonchev–Trinajstić information content (AvgIpc) is 3.39. The van der Waals surface area contributed by atoms with Crippen LogP contribution in [0.25, 0.3) is 11.3 Å². The van der Waals surface area contributed by atoms with Gasteiger partial charge in [-0.2, -0.15) is 5.10 Å². The molecule has 0 radical (unpaired) electrons. The van der Waals surface area contributed by atoms with Gasteiger partial charge in [-0.05, 0) is 11.4 Å². The Morgan fingerprint density at radius 1 is 1.21 bits per heavy atom. The summed E-state index contributed by atoms with van der Waals surface area (Å²) in [5, 5.41) is 7.09. The molecule has 6 nitrogen and oxygen atoms in total. The highest BCUT2D eigenvalue weighted by molar-refractivity contribution is 7.17. The van der Waals surface area contributed by atoms with E-state index in [0.717, 1.165) is 39.2 Å². The van der Waals surface area contributed by atoms with E-state index in [2.05, 4.69) is 15.4 Å². The number of hydrogen-bond acceptors (Lipinski definition) is 7. The van der Waals surface area contributed by atoms with Crippen LogP contribution in [-0.2, 0) is 16.0 Å². The van der Waals surface area contributed by atoms with Gasteiger partial charge in [0, 0.05) is 23.5 Å². The molecule has 1 fully saturated rings. The van der Waals surface area contributed by atoms with Crippen molar-refractivity contribution in [2.45, 2.75) is 6.42 Å². The van der Waals surface area contributed by atoms with E-state index in [4.69, 9.17) is 9.72 Å². The normalized spacial score (nSPS) is 14.5. The molecule has 1 amide bonds. The molecule has 0 atom stereocenters. The lowest BCUT2D eigenvalue weighted by Gasteiger charge is -2.26. The molecular formula is C20H20N4O2S2. The maximum Gasteiger partial charge on any atom is 0.245 e. The van der Waals surface area contributed by atoms with Gasteiger partial charge in [-0.3, -0.25) is 4.79 Å². The maximum absolute atomic E-state index is 12.1. The van der Waals surface area contributed by atoms with Crippen molar-refractivity contribution in [2.24, 2.45) is 5.10 Å². The van der Waals surface area contributed by atoms with Crippen LogP contribution < -0.4 is 10.3 Å². The van der Waals surface area contributed by atoms with Gasteiger partial charge in [-0.1, -0.05) is 47.7 Å². The monoisotopic (exact) mass is 412 g/mol. The molecule has 2 aromatic heterocycles. The van der Waals surface area contributed by atoms with Gasteiger partial charge >= 0.3 is 0 Å². The van der Waals surface area contributed by atoms with Crippen LogP contribution in [0.5, 0.6) is 0 Å². The van der Waals surface area contributed by atoms with Crippen LogP contribution in [-0.4, -0.2) is 43.4 Å². The summed E-state index contributed by atoms with van der Waals surface area (Å²) in [7, 11) is 0. The molecule has 0 aliphatic carbocycles. The van der Waals surface area contributed by atoms with Crippen molar-refractivity contribution >= 4 is 39.9 Å². The number of anilines is 1. The van der Waals surface area contributed by atoms with Crippen LogP contribution in [0.3, 0.4) is 0 Å². The predicted molar refractivity (Wildman–Crippen MR) is 114 cm³/mol. The van der Waals surface area contributed by atoms with Crippen LogP contribution in [0.15, 0.2) is 52.9 Å². The Kier molecular flexibility index (Phi) is 6.11. The van der Waals surface area contributed by atoms with Crippen LogP contribution in [0, 0.1) is 0 Å². The first-order valence-electron chi connectivity index (χ1n) is 9.03. The summed E-state index contributed by atoms with van der Waals surface area (Å²) in [4.78, 5) is 21.1. The molecule has 0 saturated carbocycles. The molecular weight excluding hydrogens is 392 g/mol. The smallest absolute Gasteiger partial charge is 0.245 e. The first-order chi connectivity index (χ1) is 13.8. The van der Waals surface area contributed by atoms with Crippen LogP contribution >= 0.6 is 22.7 Å². The number of nitrogens with one attached hydrogen (secondary N) is 1. The van der Waals surface area contributed by atoms with E-state index in [9.17, 15) is 4.79 Å². The number of amides is 1. The lowest BCUT2D eigenvalue weighted by molar-refractivity contribution is -0.120. The van der Waals surface area contributed by atoms with Gasteiger partial charge in [0.05, 0.1) is 36.4 Å². The number of aromatic nitrogens is 1. The Morgan fingerprint density at radius 3 is 2.79 bits per heavy atom. The average molecular weight is 413 g/mol. The number of morpholine rings is 1. The van der Waals surface area contributed by atoms with Crippen molar-refractivity contribution in [3.8, 4) is 11.3 Å². The summed E-state index contributed by atoms with van der Waals surface area (Å²) < 4.78 is 5.44.